The summed E-state index contributed by atoms with van der Waals surface area (Å²) in [6.45, 7) is 2.49. The van der Waals surface area contributed by atoms with Crippen LogP contribution in [0, 0.1) is 0 Å². The topological polar surface area (TPSA) is 12.5 Å². The smallest absolute Gasteiger partial charge is 0.0713 e. The third-order valence-electron chi connectivity index (χ3n) is 2.81. The van der Waals surface area contributed by atoms with Crippen LogP contribution in [0.1, 0.15) is 19.3 Å². The molecule has 0 N–H and O–H groups in total. The minimum Gasteiger partial charge on any atom is -0.380 e. The lowest BCUT2D eigenvalue weighted by Gasteiger charge is -2.12. The fraction of sp³-hybridized carbons (Fsp3) is 1.00. The molecule has 0 radical (unpaired) electrons. The van der Waals surface area contributed by atoms with Crippen LogP contribution in [0.2, 0.25) is 0 Å². The van der Waals surface area contributed by atoms with Gasteiger partial charge in [-0.15, -0.1) is 0 Å². The molecule has 2 rings (SSSR count). The van der Waals surface area contributed by atoms with Crippen molar-refractivity contribution in [1.82, 2.24) is 4.90 Å². The second-order valence-corrected chi connectivity index (χ2v) is 3.38. The summed E-state index contributed by atoms with van der Waals surface area (Å²) < 4.78 is 5.31. The van der Waals surface area contributed by atoms with Crippen LogP contribution in [0.15, 0.2) is 0 Å². The van der Waals surface area contributed by atoms with Crippen molar-refractivity contribution in [2.24, 2.45) is 0 Å². The van der Waals surface area contributed by atoms with Gasteiger partial charge in [-0.25, -0.2) is 0 Å². The minimum atomic E-state index is 0.533. The van der Waals surface area contributed by atoms with E-state index in [-0.39, 0.29) is 0 Å². The molecule has 2 atom stereocenters. The van der Waals surface area contributed by atoms with E-state index in [2.05, 4.69) is 4.90 Å². The average molecular weight is 141 g/mol. The van der Waals surface area contributed by atoms with Gasteiger partial charge in [0.15, 0.2) is 0 Å². The summed E-state index contributed by atoms with van der Waals surface area (Å²) in [5.41, 5.74) is 0. The van der Waals surface area contributed by atoms with E-state index in [1.54, 1.807) is 0 Å². The normalized spacial score (nSPS) is 40.5. The lowest BCUT2D eigenvalue weighted by molar-refractivity contribution is 0.108. The lowest BCUT2D eigenvalue weighted by Crippen LogP contribution is -2.23. The van der Waals surface area contributed by atoms with Gasteiger partial charge >= 0.3 is 0 Å². The third-order valence-corrected chi connectivity index (χ3v) is 2.81. The summed E-state index contributed by atoms with van der Waals surface area (Å²) in [6, 6.07) is 0.866. The van der Waals surface area contributed by atoms with Gasteiger partial charge in [-0.3, -0.25) is 4.90 Å². The van der Waals surface area contributed by atoms with Gasteiger partial charge < -0.3 is 4.74 Å². The number of fused-ring (bicyclic) bond motifs is 1. The molecule has 0 saturated carbocycles. The lowest BCUT2D eigenvalue weighted by atomic mass is 10.1. The molecule has 2 heteroatoms. The van der Waals surface area contributed by atoms with Crippen molar-refractivity contribution in [3.8, 4) is 0 Å². The Morgan fingerprint density at radius 2 is 2.40 bits per heavy atom. The van der Waals surface area contributed by atoms with Gasteiger partial charge in [-0.05, 0) is 25.8 Å². The van der Waals surface area contributed by atoms with Crippen molar-refractivity contribution in [3.63, 3.8) is 0 Å². The molecule has 2 fully saturated rings. The molecule has 2 aliphatic rings. The minimum absolute atomic E-state index is 0.533. The molecule has 0 aromatic carbocycles. The van der Waals surface area contributed by atoms with Crippen LogP contribution in [0.3, 0.4) is 0 Å². The third kappa shape index (κ3) is 0.956. The number of hydrogen-bond donors (Lipinski definition) is 0. The van der Waals surface area contributed by atoms with Gasteiger partial charge in [-0.2, -0.15) is 0 Å². The first-order valence-corrected chi connectivity index (χ1v) is 4.17. The van der Waals surface area contributed by atoms with E-state index in [1.165, 1.54) is 32.4 Å². The van der Waals surface area contributed by atoms with Crippen LogP contribution in [-0.2, 0) is 4.74 Å². The van der Waals surface area contributed by atoms with Crippen LogP contribution in [0.5, 0.6) is 0 Å². The quantitative estimate of drug-likeness (QED) is 0.537. The molecule has 0 bridgehead atoms. The summed E-state index contributed by atoms with van der Waals surface area (Å²) in [6.07, 6.45) is 4.61. The zero-order valence-electron chi connectivity index (χ0n) is 6.55. The van der Waals surface area contributed by atoms with Gasteiger partial charge in [0.2, 0.25) is 0 Å². The maximum absolute atomic E-state index is 5.31. The highest BCUT2D eigenvalue weighted by atomic mass is 16.5. The van der Waals surface area contributed by atoms with Gasteiger partial charge in [-0.1, -0.05) is 0 Å². The molecule has 0 aromatic heterocycles. The van der Waals surface area contributed by atoms with E-state index < -0.39 is 0 Å². The van der Waals surface area contributed by atoms with Crippen molar-refractivity contribution in [3.05, 3.63) is 0 Å². The predicted molar refractivity (Wildman–Crippen MR) is 40.0 cm³/mol. The van der Waals surface area contributed by atoms with E-state index >= 15 is 0 Å². The molecule has 2 aliphatic heterocycles. The second kappa shape index (κ2) is 2.51. The largest absolute Gasteiger partial charge is 0.380 e. The average Bonchev–Trinajstić information content (AvgIpc) is 2.42. The molecule has 2 nitrogen and oxygen atoms in total. The Bertz CT molecular complexity index is 114. The van der Waals surface area contributed by atoms with E-state index in [9.17, 15) is 0 Å². The fourth-order valence-corrected chi connectivity index (χ4v) is 2.21. The number of rotatable bonds is 1. The second-order valence-electron chi connectivity index (χ2n) is 3.38. The zero-order chi connectivity index (χ0) is 6.97. The van der Waals surface area contributed by atoms with Crippen LogP contribution in [0.25, 0.3) is 0 Å². The Morgan fingerprint density at radius 1 is 1.50 bits per heavy atom. The van der Waals surface area contributed by atoms with Crippen LogP contribution in [0.4, 0.5) is 0 Å². The number of nitrogens with zero attached hydrogens (tertiary/aromatic N) is 1. The maximum atomic E-state index is 5.31. The molecular weight excluding hydrogens is 126 g/mol. The Kier molecular flexibility index (Phi) is 1.66. The van der Waals surface area contributed by atoms with Crippen molar-refractivity contribution in [1.29, 1.82) is 0 Å². The summed E-state index contributed by atoms with van der Waals surface area (Å²) in [4.78, 5) is 2.56. The molecule has 0 spiro atoms. The first-order chi connectivity index (χ1) is 4.90. The van der Waals surface area contributed by atoms with Crippen molar-refractivity contribution >= 4 is 0 Å². The highest BCUT2D eigenvalue weighted by molar-refractivity contribution is 4.89. The fourth-order valence-electron chi connectivity index (χ4n) is 2.21. The molecule has 2 saturated heterocycles. The Hall–Kier alpha value is -0.0800. The molecule has 58 valence electrons. The molecule has 0 aliphatic carbocycles. The summed E-state index contributed by atoms with van der Waals surface area (Å²) in [5.74, 6) is 0. The standard InChI is InChI=1S/C8H15NO/c1-10-8-5-7-3-2-4-9(7)6-8/h7-8H,2-6H2,1H3. The number of hydrogen-bond acceptors (Lipinski definition) is 2. The molecule has 0 aromatic rings. The highest BCUT2D eigenvalue weighted by Crippen LogP contribution is 2.28. The summed E-state index contributed by atoms with van der Waals surface area (Å²) >= 11 is 0. The summed E-state index contributed by atoms with van der Waals surface area (Å²) in [5, 5.41) is 0. The first-order valence-electron chi connectivity index (χ1n) is 4.17. The maximum Gasteiger partial charge on any atom is 0.0713 e. The van der Waals surface area contributed by atoms with E-state index in [0.717, 1.165) is 6.04 Å². The van der Waals surface area contributed by atoms with Gasteiger partial charge in [0.1, 0.15) is 0 Å². The number of ether oxygens (including phenoxy) is 1. The Balaban J connectivity index is 1.94. The van der Waals surface area contributed by atoms with Crippen molar-refractivity contribution in [2.75, 3.05) is 20.2 Å². The van der Waals surface area contributed by atoms with E-state index in [0.29, 0.717) is 6.10 Å². The highest BCUT2D eigenvalue weighted by Gasteiger charge is 2.34. The van der Waals surface area contributed by atoms with Crippen molar-refractivity contribution < 1.29 is 4.74 Å². The van der Waals surface area contributed by atoms with Crippen LogP contribution < -0.4 is 0 Å². The van der Waals surface area contributed by atoms with E-state index in [1.807, 2.05) is 7.11 Å². The monoisotopic (exact) mass is 141 g/mol. The molecule has 2 heterocycles. The van der Waals surface area contributed by atoms with Gasteiger partial charge in [0.25, 0.3) is 0 Å². The summed E-state index contributed by atoms with van der Waals surface area (Å²) in [7, 11) is 1.83. The van der Waals surface area contributed by atoms with Crippen LogP contribution in [-0.4, -0.2) is 37.2 Å². The molecule has 2 unspecified atom stereocenters. The van der Waals surface area contributed by atoms with Gasteiger partial charge in [0.05, 0.1) is 6.10 Å². The SMILES string of the molecule is COC1CC2CCCN2C1. The van der Waals surface area contributed by atoms with Crippen LogP contribution >= 0.6 is 0 Å². The first kappa shape index (κ1) is 6.62. The van der Waals surface area contributed by atoms with Gasteiger partial charge in [0, 0.05) is 19.7 Å². The predicted octanol–water partition coefficient (Wildman–Crippen LogP) is 0.869. The molecule has 10 heavy (non-hydrogen) atoms. The van der Waals surface area contributed by atoms with Crippen molar-refractivity contribution in [2.45, 2.75) is 31.4 Å². The molecular formula is C8H15NO. The molecule has 0 amide bonds. The van der Waals surface area contributed by atoms with E-state index in [4.69, 9.17) is 4.74 Å². The Morgan fingerprint density at radius 3 is 3.10 bits per heavy atom. The number of methoxy groups -OCH3 is 1. The Labute approximate surface area is 62.2 Å². The zero-order valence-corrected chi connectivity index (χ0v) is 6.55.